The first-order valence-electron chi connectivity index (χ1n) is 4.15. The molecule has 0 aliphatic heterocycles. The predicted octanol–water partition coefficient (Wildman–Crippen LogP) is 2.26. The first-order valence-corrected chi connectivity index (χ1v) is 4.68. The standard InChI is InChI=1S/C9H10ClF2NO2/c1-15-8-6(4-14)5(9(11)12)3-13-7(8)2-10/h3,9,14H,2,4H2,1H3. The van der Waals surface area contributed by atoms with Gasteiger partial charge in [0.1, 0.15) is 5.75 Å². The van der Waals surface area contributed by atoms with Crippen LogP contribution < -0.4 is 4.74 Å². The second-order valence-electron chi connectivity index (χ2n) is 2.76. The molecule has 1 aromatic heterocycles. The third-order valence-electron chi connectivity index (χ3n) is 1.97. The van der Waals surface area contributed by atoms with Crippen molar-refractivity contribution in [3.8, 4) is 5.75 Å². The molecule has 0 fully saturated rings. The fourth-order valence-corrected chi connectivity index (χ4v) is 1.47. The Kier molecular flexibility index (Phi) is 4.23. The van der Waals surface area contributed by atoms with Crippen LogP contribution in [0.5, 0.6) is 5.75 Å². The van der Waals surface area contributed by atoms with Crippen molar-refractivity contribution < 1.29 is 18.6 Å². The van der Waals surface area contributed by atoms with Crippen molar-refractivity contribution in [3.05, 3.63) is 23.0 Å². The number of aliphatic hydroxyl groups is 1. The van der Waals surface area contributed by atoms with Gasteiger partial charge in [0.05, 0.1) is 25.3 Å². The zero-order valence-electron chi connectivity index (χ0n) is 8.01. The van der Waals surface area contributed by atoms with Gasteiger partial charge in [-0.25, -0.2) is 8.78 Å². The van der Waals surface area contributed by atoms with Gasteiger partial charge in [-0.2, -0.15) is 0 Å². The Morgan fingerprint density at radius 3 is 2.67 bits per heavy atom. The zero-order chi connectivity index (χ0) is 11.4. The Bertz CT molecular complexity index is 347. The van der Waals surface area contributed by atoms with Crippen LogP contribution >= 0.6 is 11.6 Å². The van der Waals surface area contributed by atoms with E-state index in [4.69, 9.17) is 21.4 Å². The summed E-state index contributed by atoms with van der Waals surface area (Å²) >= 11 is 5.56. The van der Waals surface area contributed by atoms with Crippen molar-refractivity contribution in [1.29, 1.82) is 0 Å². The number of hydrogen-bond acceptors (Lipinski definition) is 3. The number of methoxy groups -OCH3 is 1. The molecule has 1 heterocycles. The van der Waals surface area contributed by atoms with Crippen LogP contribution in [0, 0.1) is 0 Å². The largest absolute Gasteiger partial charge is 0.494 e. The van der Waals surface area contributed by atoms with Crippen molar-refractivity contribution in [1.82, 2.24) is 4.98 Å². The van der Waals surface area contributed by atoms with Gasteiger partial charge < -0.3 is 9.84 Å². The lowest BCUT2D eigenvalue weighted by molar-refractivity contribution is 0.145. The van der Waals surface area contributed by atoms with Gasteiger partial charge in [-0.15, -0.1) is 11.6 Å². The first kappa shape index (κ1) is 12.1. The normalized spacial score (nSPS) is 10.8. The van der Waals surface area contributed by atoms with Crippen LogP contribution in [0.1, 0.15) is 23.2 Å². The monoisotopic (exact) mass is 237 g/mol. The van der Waals surface area contributed by atoms with E-state index < -0.39 is 13.0 Å². The molecule has 0 saturated carbocycles. The maximum Gasteiger partial charge on any atom is 0.265 e. The van der Waals surface area contributed by atoms with Crippen molar-refractivity contribution in [3.63, 3.8) is 0 Å². The lowest BCUT2D eigenvalue weighted by atomic mass is 10.1. The molecule has 0 radical (unpaired) electrons. The van der Waals surface area contributed by atoms with E-state index in [0.29, 0.717) is 5.69 Å². The molecule has 1 rings (SSSR count). The molecule has 0 unspecified atom stereocenters. The van der Waals surface area contributed by atoms with Crippen LogP contribution in [-0.4, -0.2) is 17.2 Å². The summed E-state index contributed by atoms with van der Waals surface area (Å²) in [6, 6.07) is 0. The Labute approximate surface area is 90.7 Å². The summed E-state index contributed by atoms with van der Waals surface area (Å²) in [4.78, 5) is 3.75. The van der Waals surface area contributed by atoms with E-state index in [1.807, 2.05) is 0 Å². The second-order valence-corrected chi connectivity index (χ2v) is 3.03. The van der Waals surface area contributed by atoms with E-state index in [0.717, 1.165) is 6.20 Å². The van der Waals surface area contributed by atoms with Crippen LogP contribution in [0.2, 0.25) is 0 Å². The molecule has 0 bridgehead atoms. The minimum Gasteiger partial charge on any atom is -0.494 e. The lowest BCUT2D eigenvalue weighted by Gasteiger charge is -2.13. The minimum absolute atomic E-state index is 0.0400. The highest BCUT2D eigenvalue weighted by Gasteiger charge is 2.19. The van der Waals surface area contributed by atoms with Crippen LogP contribution in [-0.2, 0) is 12.5 Å². The number of ether oxygens (including phenoxy) is 1. The number of alkyl halides is 3. The first-order chi connectivity index (χ1) is 7.15. The summed E-state index contributed by atoms with van der Waals surface area (Å²) in [5.41, 5.74) is 0.0500. The SMILES string of the molecule is COc1c(CCl)ncc(C(F)F)c1CO. The number of nitrogens with zero attached hydrogens (tertiary/aromatic N) is 1. The molecular weight excluding hydrogens is 228 g/mol. The molecule has 3 nitrogen and oxygen atoms in total. The third-order valence-corrected chi connectivity index (χ3v) is 2.22. The fourth-order valence-electron chi connectivity index (χ4n) is 1.28. The van der Waals surface area contributed by atoms with Gasteiger partial charge in [-0.1, -0.05) is 0 Å². The number of hydrogen-bond donors (Lipinski definition) is 1. The van der Waals surface area contributed by atoms with Crippen molar-refractivity contribution in [2.24, 2.45) is 0 Å². The number of pyridine rings is 1. The average Bonchev–Trinajstić information content (AvgIpc) is 2.26. The summed E-state index contributed by atoms with van der Waals surface area (Å²) in [7, 11) is 1.32. The van der Waals surface area contributed by atoms with Crippen molar-refractivity contribution >= 4 is 11.6 Å². The summed E-state index contributed by atoms with van der Waals surface area (Å²) in [5.74, 6) is 0.171. The van der Waals surface area contributed by atoms with Gasteiger partial charge in [0.2, 0.25) is 0 Å². The van der Waals surface area contributed by atoms with E-state index in [1.165, 1.54) is 7.11 Å². The number of aliphatic hydroxyl groups excluding tert-OH is 1. The van der Waals surface area contributed by atoms with Crippen LogP contribution in [0.15, 0.2) is 6.20 Å². The number of rotatable bonds is 4. The van der Waals surface area contributed by atoms with E-state index in [9.17, 15) is 8.78 Å². The van der Waals surface area contributed by atoms with E-state index >= 15 is 0 Å². The number of halogens is 3. The van der Waals surface area contributed by atoms with Crippen molar-refractivity contribution in [2.45, 2.75) is 18.9 Å². The lowest BCUT2D eigenvalue weighted by Crippen LogP contribution is -2.04. The molecule has 0 amide bonds. The highest BCUT2D eigenvalue weighted by atomic mass is 35.5. The molecule has 84 valence electrons. The summed E-state index contributed by atoms with van der Waals surface area (Å²) < 4.78 is 30.0. The summed E-state index contributed by atoms with van der Waals surface area (Å²) in [6.07, 6.45) is -1.69. The third kappa shape index (κ3) is 2.35. The second kappa shape index (κ2) is 5.23. The number of aromatic nitrogens is 1. The quantitative estimate of drug-likeness (QED) is 0.817. The molecule has 6 heteroatoms. The maximum atomic E-state index is 12.5. The van der Waals surface area contributed by atoms with Gasteiger partial charge in [0.15, 0.2) is 0 Å². The Hall–Kier alpha value is -0.940. The smallest absolute Gasteiger partial charge is 0.265 e. The Balaban J connectivity index is 3.34. The topological polar surface area (TPSA) is 42.4 Å². The Morgan fingerprint density at radius 1 is 1.60 bits per heavy atom. The van der Waals surface area contributed by atoms with Gasteiger partial charge in [-0.3, -0.25) is 4.98 Å². The minimum atomic E-state index is -2.70. The maximum absolute atomic E-state index is 12.5. The summed E-state index contributed by atoms with van der Waals surface area (Å²) in [6.45, 7) is -0.532. The average molecular weight is 238 g/mol. The highest BCUT2D eigenvalue weighted by molar-refractivity contribution is 6.17. The van der Waals surface area contributed by atoms with Crippen LogP contribution in [0.3, 0.4) is 0 Å². The van der Waals surface area contributed by atoms with Gasteiger partial charge in [0.25, 0.3) is 6.43 Å². The Morgan fingerprint density at radius 2 is 2.27 bits per heavy atom. The highest BCUT2D eigenvalue weighted by Crippen LogP contribution is 2.31. The van der Waals surface area contributed by atoms with Gasteiger partial charge in [-0.05, 0) is 0 Å². The van der Waals surface area contributed by atoms with E-state index in [1.54, 1.807) is 0 Å². The predicted molar refractivity (Wildman–Crippen MR) is 51.2 cm³/mol. The molecule has 1 aromatic rings. The van der Waals surface area contributed by atoms with Crippen LogP contribution in [0.25, 0.3) is 0 Å². The molecular formula is C9H10ClF2NO2. The molecule has 0 saturated heterocycles. The molecule has 0 aromatic carbocycles. The molecule has 15 heavy (non-hydrogen) atoms. The van der Waals surface area contributed by atoms with Gasteiger partial charge >= 0.3 is 0 Å². The van der Waals surface area contributed by atoms with E-state index in [2.05, 4.69) is 4.98 Å². The molecule has 0 atom stereocenters. The van der Waals surface area contributed by atoms with Gasteiger partial charge in [0, 0.05) is 17.3 Å². The fraction of sp³-hybridized carbons (Fsp3) is 0.444. The summed E-state index contributed by atoms with van der Waals surface area (Å²) in [5, 5.41) is 9.02. The molecule has 1 N–H and O–H groups in total. The molecule has 0 aliphatic carbocycles. The molecule has 0 spiro atoms. The van der Waals surface area contributed by atoms with Crippen molar-refractivity contribution in [2.75, 3.05) is 7.11 Å². The zero-order valence-corrected chi connectivity index (χ0v) is 8.76. The van der Waals surface area contributed by atoms with Crippen LogP contribution in [0.4, 0.5) is 8.78 Å². The molecule has 0 aliphatic rings. The van der Waals surface area contributed by atoms with E-state index in [-0.39, 0.29) is 22.8 Å².